The molecule has 0 amide bonds. The van der Waals surface area contributed by atoms with E-state index in [1.807, 2.05) is 0 Å². The van der Waals surface area contributed by atoms with E-state index in [2.05, 4.69) is 13.8 Å². The van der Waals surface area contributed by atoms with Gasteiger partial charge in [-0.25, -0.2) is 0 Å². The van der Waals surface area contributed by atoms with Crippen LogP contribution in [0.4, 0.5) is 0 Å². The van der Waals surface area contributed by atoms with Crippen molar-refractivity contribution < 1.29 is 19.4 Å². The summed E-state index contributed by atoms with van der Waals surface area (Å²) in [4.78, 5) is 10.3. The van der Waals surface area contributed by atoms with Crippen LogP contribution in [0.25, 0.3) is 0 Å². The van der Waals surface area contributed by atoms with Crippen molar-refractivity contribution in [3.8, 4) is 0 Å². The standard InChI is InChI=1S/C10H20O4/c1-8(2)7-13-4-5-14-9(3)6-10(11)12/h8-9H,4-7H2,1-3H3,(H,11,12)/t9-/m0/s1. The van der Waals surface area contributed by atoms with Gasteiger partial charge in [0.05, 0.1) is 25.7 Å². The van der Waals surface area contributed by atoms with Crippen molar-refractivity contribution in [1.82, 2.24) is 0 Å². The zero-order valence-electron chi connectivity index (χ0n) is 9.16. The monoisotopic (exact) mass is 204 g/mol. The lowest BCUT2D eigenvalue weighted by atomic mass is 10.2. The summed E-state index contributed by atoms with van der Waals surface area (Å²) >= 11 is 0. The molecule has 0 aliphatic heterocycles. The molecule has 0 saturated carbocycles. The third kappa shape index (κ3) is 9.48. The maximum atomic E-state index is 10.3. The highest BCUT2D eigenvalue weighted by Crippen LogP contribution is 1.97. The predicted molar refractivity (Wildman–Crippen MR) is 53.3 cm³/mol. The molecule has 0 aliphatic carbocycles. The number of aliphatic carboxylic acids is 1. The first-order chi connectivity index (χ1) is 6.52. The minimum absolute atomic E-state index is 0.0458. The van der Waals surface area contributed by atoms with Crippen LogP contribution < -0.4 is 0 Å². The van der Waals surface area contributed by atoms with Gasteiger partial charge in [-0.2, -0.15) is 0 Å². The number of rotatable bonds is 8. The van der Waals surface area contributed by atoms with Crippen LogP contribution >= 0.6 is 0 Å². The van der Waals surface area contributed by atoms with Crippen LogP contribution in [0.1, 0.15) is 27.2 Å². The number of carboxylic acids is 1. The van der Waals surface area contributed by atoms with Gasteiger partial charge in [0.25, 0.3) is 0 Å². The fraction of sp³-hybridized carbons (Fsp3) is 0.900. The van der Waals surface area contributed by atoms with Crippen LogP contribution in [0.3, 0.4) is 0 Å². The van der Waals surface area contributed by atoms with E-state index in [0.717, 1.165) is 6.61 Å². The van der Waals surface area contributed by atoms with Gasteiger partial charge >= 0.3 is 5.97 Å². The summed E-state index contributed by atoms with van der Waals surface area (Å²) in [6, 6.07) is 0. The average Bonchev–Trinajstić information content (AvgIpc) is 2.01. The van der Waals surface area contributed by atoms with Gasteiger partial charge in [0.2, 0.25) is 0 Å². The Morgan fingerprint density at radius 3 is 2.43 bits per heavy atom. The molecular weight excluding hydrogens is 184 g/mol. The second-order valence-corrected chi connectivity index (χ2v) is 3.75. The first kappa shape index (κ1) is 13.4. The Kier molecular flexibility index (Phi) is 7.42. The lowest BCUT2D eigenvalue weighted by Gasteiger charge is -2.11. The van der Waals surface area contributed by atoms with E-state index in [-0.39, 0.29) is 12.5 Å². The van der Waals surface area contributed by atoms with Crippen molar-refractivity contribution in [3.05, 3.63) is 0 Å². The van der Waals surface area contributed by atoms with Gasteiger partial charge in [0.1, 0.15) is 0 Å². The Hall–Kier alpha value is -0.610. The van der Waals surface area contributed by atoms with Gasteiger partial charge in [-0.1, -0.05) is 13.8 Å². The van der Waals surface area contributed by atoms with Gasteiger partial charge in [-0.3, -0.25) is 4.79 Å². The summed E-state index contributed by atoms with van der Waals surface area (Å²) in [6.45, 7) is 7.61. The van der Waals surface area contributed by atoms with E-state index >= 15 is 0 Å². The molecule has 0 saturated heterocycles. The van der Waals surface area contributed by atoms with Crippen molar-refractivity contribution >= 4 is 5.97 Å². The van der Waals surface area contributed by atoms with Crippen LogP contribution in [-0.4, -0.2) is 37.0 Å². The molecule has 4 nitrogen and oxygen atoms in total. The second-order valence-electron chi connectivity index (χ2n) is 3.75. The highest BCUT2D eigenvalue weighted by Gasteiger charge is 2.06. The first-order valence-corrected chi connectivity index (χ1v) is 4.93. The molecule has 0 unspecified atom stereocenters. The van der Waals surface area contributed by atoms with E-state index in [1.54, 1.807) is 6.92 Å². The zero-order valence-corrected chi connectivity index (χ0v) is 9.16. The lowest BCUT2D eigenvalue weighted by molar-refractivity contribution is -0.140. The van der Waals surface area contributed by atoms with Gasteiger partial charge < -0.3 is 14.6 Å². The smallest absolute Gasteiger partial charge is 0.305 e. The van der Waals surface area contributed by atoms with Crippen molar-refractivity contribution in [3.63, 3.8) is 0 Å². The summed E-state index contributed by atoms with van der Waals surface area (Å²) in [7, 11) is 0. The molecule has 0 bridgehead atoms. The Morgan fingerprint density at radius 1 is 1.29 bits per heavy atom. The molecule has 0 aromatic heterocycles. The summed E-state index contributed by atoms with van der Waals surface area (Å²) in [5.74, 6) is -0.313. The minimum Gasteiger partial charge on any atom is -0.481 e. The van der Waals surface area contributed by atoms with Crippen LogP contribution in [0, 0.1) is 5.92 Å². The van der Waals surface area contributed by atoms with E-state index < -0.39 is 5.97 Å². The molecule has 0 spiro atoms. The third-order valence-electron chi connectivity index (χ3n) is 1.54. The fourth-order valence-electron chi connectivity index (χ4n) is 0.932. The summed E-state index contributed by atoms with van der Waals surface area (Å²) in [6.07, 6.45) is -0.195. The molecular formula is C10H20O4. The van der Waals surface area contributed by atoms with Gasteiger partial charge in [-0.15, -0.1) is 0 Å². The summed E-state index contributed by atoms with van der Waals surface area (Å²) < 4.78 is 10.5. The largest absolute Gasteiger partial charge is 0.481 e. The molecule has 0 heterocycles. The maximum absolute atomic E-state index is 10.3. The predicted octanol–water partition coefficient (Wildman–Crippen LogP) is 1.54. The molecule has 0 radical (unpaired) electrons. The number of carboxylic acid groups (broad SMARTS) is 1. The lowest BCUT2D eigenvalue weighted by Crippen LogP contribution is -2.17. The molecule has 0 rings (SSSR count). The SMILES string of the molecule is CC(C)COCCO[C@@H](C)CC(=O)O. The number of hydrogen-bond donors (Lipinski definition) is 1. The second kappa shape index (κ2) is 7.76. The van der Waals surface area contributed by atoms with Crippen molar-refractivity contribution in [2.24, 2.45) is 5.92 Å². The average molecular weight is 204 g/mol. The molecule has 0 aromatic rings. The van der Waals surface area contributed by atoms with Gasteiger partial charge in [0, 0.05) is 6.61 Å². The number of ether oxygens (including phenoxy) is 2. The Balaban J connectivity index is 3.23. The van der Waals surface area contributed by atoms with E-state index in [4.69, 9.17) is 14.6 Å². The fourth-order valence-corrected chi connectivity index (χ4v) is 0.932. The Morgan fingerprint density at radius 2 is 1.93 bits per heavy atom. The molecule has 0 fully saturated rings. The molecule has 1 atom stereocenters. The van der Waals surface area contributed by atoms with Crippen molar-refractivity contribution in [2.45, 2.75) is 33.3 Å². The molecule has 84 valence electrons. The molecule has 0 aliphatic rings. The summed E-state index contributed by atoms with van der Waals surface area (Å²) in [5.41, 5.74) is 0. The molecule has 1 N–H and O–H groups in total. The van der Waals surface area contributed by atoms with Crippen molar-refractivity contribution in [2.75, 3.05) is 19.8 Å². The van der Waals surface area contributed by atoms with Gasteiger partial charge in [0.15, 0.2) is 0 Å². The topological polar surface area (TPSA) is 55.8 Å². The van der Waals surface area contributed by atoms with Crippen LogP contribution in [-0.2, 0) is 14.3 Å². The molecule has 0 aromatic carbocycles. The van der Waals surface area contributed by atoms with Crippen LogP contribution in [0.5, 0.6) is 0 Å². The molecule has 14 heavy (non-hydrogen) atoms. The zero-order chi connectivity index (χ0) is 11.0. The van der Waals surface area contributed by atoms with Crippen molar-refractivity contribution in [1.29, 1.82) is 0 Å². The van der Waals surface area contributed by atoms with Crippen LogP contribution in [0.2, 0.25) is 0 Å². The highest BCUT2D eigenvalue weighted by atomic mass is 16.5. The normalized spacial score (nSPS) is 13.1. The summed E-state index contributed by atoms with van der Waals surface area (Å²) in [5, 5.41) is 8.45. The van der Waals surface area contributed by atoms with E-state index in [1.165, 1.54) is 0 Å². The Labute approximate surface area is 85.2 Å². The maximum Gasteiger partial charge on any atom is 0.305 e. The highest BCUT2D eigenvalue weighted by molar-refractivity contribution is 5.67. The van der Waals surface area contributed by atoms with Gasteiger partial charge in [-0.05, 0) is 12.8 Å². The van der Waals surface area contributed by atoms with E-state index in [9.17, 15) is 4.79 Å². The van der Waals surface area contributed by atoms with Crippen LogP contribution in [0.15, 0.2) is 0 Å². The molecule has 4 heteroatoms. The number of hydrogen-bond acceptors (Lipinski definition) is 3. The minimum atomic E-state index is -0.833. The van der Waals surface area contributed by atoms with E-state index in [0.29, 0.717) is 19.1 Å². The quantitative estimate of drug-likeness (QED) is 0.609. The first-order valence-electron chi connectivity index (χ1n) is 4.93. The number of carbonyl (C=O) groups is 1. The Bertz CT molecular complexity index is 156. The third-order valence-corrected chi connectivity index (χ3v) is 1.54.